The molecule has 1 unspecified atom stereocenters. The summed E-state index contributed by atoms with van der Waals surface area (Å²) in [5.41, 5.74) is 1.13. The van der Waals surface area contributed by atoms with Crippen LogP contribution in [-0.4, -0.2) is 4.92 Å². The highest BCUT2D eigenvalue weighted by atomic mass is 35.5. The van der Waals surface area contributed by atoms with Crippen molar-refractivity contribution in [2.75, 3.05) is 5.32 Å². The second-order valence-corrected chi connectivity index (χ2v) is 4.78. The fraction of sp³-hybridized carbons (Fsp3) is 0.143. The van der Waals surface area contributed by atoms with Gasteiger partial charge in [-0.15, -0.1) is 0 Å². The molecule has 6 heteroatoms. The molecule has 0 bridgehead atoms. The van der Waals surface area contributed by atoms with Gasteiger partial charge in [0, 0.05) is 23.2 Å². The Labute approximate surface area is 120 Å². The summed E-state index contributed by atoms with van der Waals surface area (Å²) in [7, 11) is 0. The van der Waals surface area contributed by atoms with Crippen LogP contribution in [-0.2, 0) is 0 Å². The molecule has 2 aromatic rings. The highest BCUT2D eigenvalue weighted by Gasteiger charge is 2.11. The minimum Gasteiger partial charge on any atom is -0.376 e. The van der Waals surface area contributed by atoms with Crippen molar-refractivity contribution in [2.45, 2.75) is 13.0 Å². The lowest BCUT2D eigenvalue weighted by Crippen LogP contribution is -2.08. The summed E-state index contributed by atoms with van der Waals surface area (Å²) in [5.74, 6) is -0.400. The van der Waals surface area contributed by atoms with E-state index in [4.69, 9.17) is 11.6 Å². The standard InChI is InChI=1S/C14H12ClFN2O2/c1-9(10-2-5-12(6-3-10)18(19)20)17-14-8-11(15)4-7-13(14)16/h2-9,17H,1H3. The lowest BCUT2D eigenvalue weighted by Gasteiger charge is -2.16. The summed E-state index contributed by atoms with van der Waals surface area (Å²) in [6.07, 6.45) is 0. The molecule has 2 rings (SSSR count). The number of anilines is 1. The second-order valence-electron chi connectivity index (χ2n) is 4.34. The molecule has 1 atom stereocenters. The Bertz CT molecular complexity index is 632. The van der Waals surface area contributed by atoms with Crippen molar-refractivity contribution < 1.29 is 9.31 Å². The lowest BCUT2D eigenvalue weighted by molar-refractivity contribution is -0.384. The van der Waals surface area contributed by atoms with E-state index in [1.165, 1.54) is 30.3 Å². The summed E-state index contributed by atoms with van der Waals surface area (Å²) in [4.78, 5) is 10.1. The molecule has 1 N–H and O–H groups in total. The van der Waals surface area contributed by atoms with Gasteiger partial charge in [0.2, 0.25) is 0 Å². The van der Waals surface area contributed by atoms with E-state index in [2.05, 4.69) is 5.32 Å². The van der Waals surface area contributed by atoms with E-state index in [0.717, 1.165) is 5.56 Å². The Morgan fingerprint density at radius 1 is 1.25 bits per heavy atom. The molecular formula is C14H12ClFN2O2. The van der Waals surface area contributed by atoms with Gasteiger partial charge < -0.3 is 5.32 Å². The Morgan fingerprint density at radius 2 is 1.90 bits per heavy atom. The minimum absolute atomic E-state index is 0.0230. The SMILES string of the molecule is CC(Nc1cc(Cl)ccc1F)c1ccc([N+](=O)[O-])cc1. The van der Waals surface area contributed by atoms with Crippen molar-refractivity contribution >= 4 is 23.0 Å². The molecule has 0 aliphatic carbocycles. The zero-order valence-electron chi connectivity index (χ0n) is 10.6. The number of hydrogen-bond acceptors (Lipinski definition) is 3. The summed E-state index contributed by atoms with van der Waals surface area (Å²) in [6.45, 7) is 1.83. The van der Waals surface area contributed by atoms with Crippen molar-refractivity contribution in [3.8, 4) is 0 Å². The van der Waals surface area contributed by atoms with Crippen LogP contribution in [0.15, 0.2) is 42.5 Å². The molecule has 0 radical (unpaired) electrons. The van der Waals surface area contributed by atoms with Gasteiger partial charge in [0.05, 0.1) is 10.6 Å². The highest BCUT2D eigenvalue weighted by Crippen LogP contribution is 2.25. The van der Waals surface area contributed by atoms with Gasteiger partial charge >= 0.3 is 0 Å². The van der Waals surface area contributed by atoms with Crippen molar-refractivity contribution in [3.63, 3.8) is 0 Å². The third-order valence-electron chi connectivity index (χ3n) is 2.90. The first-order chi connectivity index (χ1) is 9.47. The van der Waals surface area contributed by atoms with Crippen LogP contribution in [0.25, 0.3) is 0 Å². The Hall–Kier alpha value is -2.14. The van der Waals surface area contributed by atoms with Gasteiger partial charge in [-0.3, -0.25) is 10.1 Å². The summed E-state index contributed by atoms with van der Waals surface area (Å²) < 4.78 is 13.6. The van der Waals surface area contributed by atoms with Crippen LogP contribution in [0.3, 0.4) is 0 Å². The number of non-ortho nitro benzene ring substituents is 1. The molecule has 20 heavy (non-hydrogen) atoms. The Balaban J connectivity index is 2.17. The van der Waals surface area contributed by atoms with Crippen LogP contribution < -0.4 is 5.32 Å². The normalized spacial score (nSPS) is 11.9. The predicted octanol–water partition coefficient (Wildman–Crippen LogP) is 4.56. The molecule has 0 heterocycles. The fourth-order valence-corrected chi connectivity index (χ4v) is 1.98. The molecule has 104 valence electrons. The molecular weight excluding hydrogens is 283 g/mol. The highest BCUT2D eigenvalue weighted by molar-refractivity contribution is 6.30. The van der Waals surface area contributed by atoms with Crippen LogP contribution in [0.4, 0.5) is 15.8 Å². The Kier molecular flexibility index (Phi) is 4.20. The van der Waals surface area contributed by atoms with Crippen molar-refractivity contribution in [1.82, 2.24) is 0 Å². The van der Waals surface area contributed by atoms with Gasteiger partial charge in [-0.05, 0) is 30.7 Å². The quantitative estimate of drug-likeness (QED) is 0.664. The van der Waals surface area contributed by atoms with Crippen LogP contribution in [0.5, 0.6) is 0 Å². The number of nitrogens with zero attached hydrogens (tertiary/aromatic N) is 1. The number of halogens is 2. The van der Waals surface area contributed by atoms with E-state index in [0.29, 0.717) is 10.7 Å². The molecule has 4 nitrogen and oxygen atoms in total. The lowest BCUT2D eigenvalue weighted by atomic mass is 10.1. The fourth-order valence-electron chi connectivity index (χ4n) is 1.81. The summed E-state index contributed by atoms with van der Waals surface area (Å²) in [6, 6.07) is 10.2. The number of nitro benzene ring substituents is 1. The summed E-state index contributed by atoms with van der Waals surface area (Å²) >= 11 is 5.82. The largest absolute Gasteiger partial charge is 0.376 e. The second kappa shape index (κ2) is 5.88. The van der Waals surface area contributed by atoms with Crippen LogP contribution >= 0.6 is 11.6 Å². The molecule has 0 saturated carbocycles. The van der Waals surface area contributed by atoms with E-state index in [1.807, 2.05) is 6.92 Å². The number of rotatable bonds is 4. The van der Waals surface area contributed by atoms with Crippen molar-refractivity contribution in [1.29, 1.82) is 0 Å². The molecule has 2 aromatic carbocycles. The monoisotopic (exact) mass is 294 g/mol. The van der Waals surface area contributed by atoms with E-state index >= 15 is 0 Å². The van der Waals surface area contributed by atoms with Gasteiger partial charge in [0.1, 0.15) is 5.82 Å². The molecule has 0 spiro atoms. The van der Waals surface area contributed by atoms with Crippen LogP contribution in [0, 0.1) is 15.9 Å². The van der Waals surface area contributed by atoms with Gasteiger partial charge in [0.25, 0.3) is 5.69 Å². The topological polar surface area (TPSA) is 55.2 Å². The zero-order chi connectivity index (χ0) is 14.7. The smallest absolute Gasteiger partial charge is 0.269 e. The number of nitro groups is 1. The maximum Gasteiger partial charge on any atom is 0.269 e. The van der Waals surface area contributed by atoms with E-state index in [1.54, 1.807) is 12.1 Å². The first kappa shape index (κ1) is 14.3. The third-order valence-corrected chi connectivity index (χ3v) is 3.14. The van der Waals surface area contributed by atoms with Gasteiger partial charge in [-0.2, -0.15) is 0 Å². The molecule has 0 aromatic heterocycles. The summed E-state index contributed by atoms with van der Waals surface area (Å²) in [5, 5.41) is 14.0. The van der Waals surface area contributed by atoms with Crippen molar-refractivity contribution in [3.05, 3.63) is 69.0 Å². The van der Waals surface area contributed by atoms with Gasteiger partial charge in [-0.25, -0.2) is 4.39 Å². The molecule has 0 aliphatic heterocycles. The van der Waals surface area contributed by atoms with Crippen LogP contribution in [0.1, 0.15) is 18.5 Å². The zero-order valence-corrected chi connectivity index (χ0v) is 11.4. The number of nitrogens with one attached hydrogen (secondary N) is 1. The molecule has 0 amide bonds. The maximum absolute atomic E-state index is 13.6. The van der Waals surface area contributed by atoms with E-state index < -0.39 is 10.7 Å². The predicted molar refractivity (Wildman–Crippen MR) is 76.5 cm³/mol. The van der Waals surface area contributed by atoms with Crippen LogP contribution in [0.2, 0.25) is 5.02 Å². The molecule has 0 fully saturated rings. The molecule has 0 saturated heterocycles. The minimum atomic E-state index is -0.460. The van der Waals surface area contributed by atoms with E-state index in [-0.39, 0.29) is 11.7 Å². The number of benzene rings is 2. The first-order valence-corrected chi connectivity index (χ1v) is 6.31. The first-order valence-electron chi connectivity index (χ1n) is 5.93. The average Bonchev–Trinajstić information content (AvgIpc) is 2.43. The van der Waals surface area contributed by atoms with Gasteiger partial charge in [0.15, 0.2) is 0 Å². The van der Waals surface area contributed by atoms with Crippen molar-refractivity contribution in [2.24, 2.45) is 0 Å². The maximum atomic E-state index is 13.6. The van der Waals surface area contributed by atoms with E-state index in [9.17, 15) is 14.5 Å². The Morgan fingerprint density at radius 3 is 2.50 bits per heavy atom. The average molecular weight is 295 g/mol. The number of hydrogen-bond donors (Lipinski definition) is 1. The third kappa shape index (κ3) is 3.24. The molecule has 0 aliphatic rings. The van der Waals surface area contributed by atoms with Gasteiger partial charge in [-0.1, -0.05) is 23.7 Å².